The first kappa shape index (κ1) is 12.8. The lowest BCUT2D eigenvalue weighted by molar-refractivity contribution is 0.636. The summed E-state index contributed by atoms with van der Waals surface area (Å²) in [6.07, 6.45) is 3.25. The van der Waals surface area contributed by atoms with Crippen LogP contribution < -0.4 is 5.32 Å². The molecule has 3 nitrogen and oxygen atoms in total. The number of halogens is 1. The van der Waals surface area contributed by atoms with E-state index in [9.17, 15) is 4.39 Å². The van der Waals surface area contributed by atoms with E-state index in [2.05, 4.69) is 21.9 Å². The highest BCUT2D eigenvalue weighted by Gasteiger charge is 2.06. The number of hydrogen-bond donors (Lipinski definition) is 1. The normalized spacial score (nSPS) is 10.5. The molecule has 0 unspecified atom stereocenters. The average Bonchev–Trinajstić information content (AvgIpc) is 2.39. The van der Waals surface area contributed by atoms with Gasteiger partial charge < -0.3 is 5.32 Å². The van der Waals surface area contributed by atoms with Crippen molar-refractivity contribution in [3.63, 3.8) is 0 Å². The monoisotopic (exact) mass is 263 g/mol. The minimum Gasteiger partial charge on any atom is -0.369 e. The van der Waals surface area contributed by atoms with Crippen molar-refractivity contribution in [3.8, 4) is 0 Å². The maximum Gasteiger partial charge on any atom is 0.149 e. The van der Waals surface area contributed by atoms with Gasteiger partial charge in [-0.05, 0) is 12.1 Å². The summed E-state index contributed by atoms with van der Waals surface area (Å²) in [6, 6.07) is 4.88. The third-order valence-electron chi connectivity index (χ3n) is 2.39. The number of anilines is 1. The molecule has 1 aromatic heterocycles. The highest BCUT2D eigenvalue weighted by Crippen LogP contribution is 2.20. The Bertz CT molecular complexity index is 545. The Hall–Kier alpha value is -1.62. The number of hydrogen-bond acceptors (Lipinski definition) is 4. The van der Waals surface area contributed by atoms with Crippen molar-refractivity contribution in [1.29, 1.82) is 0 Å². The Morgan fingerprint density at radius 1 is 1.39 bits per heavy atom. The van der Waals surface area contributed by atoms with Crippen LogP contribution in [0, 0.1) is 5.82 Å². The number of aromatic nitrogens is 2. The zero-order chi connectivity index (χ0) is 12.8. The summed E-state index contributed by atoms with van der Waals surface area (Å²) in [6.45, 7) is 4.44. The molecule has 0 aliphatic heterocycles. The molecule has 0 radical (unpaired) electrons. The first-order chi connectivity index (χ1) is 8.83. The van der Waals surface area contributed by atoms with Gasteiger partial charge in [-0.15, -0.1) is 6.58 Å². The van der Waals surface area contributed by atoms with E-state index >= 15 is 0 Å². The van der Waals surface area contributed by atoms with Gasteiger partial charge >= 0.3 is 0 Å². The molecule has 2 aromatic rings. The zero-order valence-electron chi connectivity index (χ0n) is 9.90. The Balaban J connectivity index is 2.09. The van der Waals surface area contributed by atoms with Gasteiger partial charge in [-0.2, -0.15) is 11.8 Å². The second-order valence-electron chi connectivity index (χ2n) is 3.65. The molecule has 0 spiro atoms. The summed E-state index contributed by atoms with van der Waals surface area (Å²) in [7, 11) is 0. The maximum atomic E-state index is 13.5. The van der Waals surface area contributed by atoms with Crippen LogP contribution in [0.5, 0.6) is 0 Å². The van der Waals surface area contributed by atoms with E-state index in [0.717, 1.165) is 18.1 Å². The van der Waals surface area contributed by atoms with Gasteiger partial charge in [0, 0.05) is 23.4 Å². The fourth-order valence-corrected chi connectivity index (χ4v) is 2.18. The molecule has 1 heterocycles. The van der Waals surface area contributed by atoms with Gasteiger partial charge in [-0.1, -0.05) is 12.1 Å². The first-order valence-corrected chi connectivity index (χ1v) is 6.80. The quantitative estimate of drug-likeness (QED) is 0.642. The summed E-state index contributed by atoms with van der Waals surface area (Å²) in [4.78, 5) is 8.10. The average molecular weight is 263 g/mol. The third kappa shape index (κ3) is 2.98. The second kappa shape index (κ2) is 6.35. The lowest BCUT2D eigenvalue weighted by atomic mass is 10.2. The number of fused-ring (bicyclic) bond motifs is 1. The maximum absolute atomic E-state index is 13.5. The summed E-state index contributed by atoms with van der Waals surface area (Å²) in [5.74, 6) is 2.24. The van der Waals surface area contributed by atoms with Crippen LogP contribution in [0.25, 0.3) is 10.9 Å². The molecule has 2 rings (SSSR count). The largest absolute Gasteiger partial charge is 0.369 e. The van der Waals surface area contributed by atoms with Crippen LogP contribution in [0.2, 0.25) is 0 Å². The van der Waals surface area contributed by atoms with Gasteiger partial charge in [0.2, 0.25) is 0 Å². The van der Waals surface area contributed by atoms with Gasteiger partial charge in [0.25, 0.3) is 0 Å². The molecule has 0 aliphatic rings. The van der Waals surface area contributed by atoms with Gasteiger partial charge in [0.1, 0.15) is 23.5 Å². The number of benzene rings is 1. The molecule has 0 saturated heterocycles. The smallest absolute Gasteiger partial charge is 0.149 e. The Morgan fingerprint density at radius 3 is 3.11 bits per heavy atom. The van der Waals surface area contributed by atoms with E-state index in [1.165, 1.54) is 12.4 Å². The van der Waals surface area contributed by atoms with E-state index in [0.29, 0.717) is 16.7 Å². The Labute approximate surface area is 110 Å². The number of para-hydroxylation sites is 1. The fourth-order valence-electron chi connectivity index (χ4n) is 1.60. The fraction of sp³-hybridized carbons (Fsp3) is 0.231. The molecule has 0 aliphatic carbocycles. The second-order valence-corrected chi connectivity index (χ2v) is 4.80. The SMILES string of the molecule is C=CCSCCNc1ncnc2c(F)cccc12. The van der Waals surface area contributed by atoms with Crippen molar-refractivity contribution < 1.29 is 4.39 Å². The van der Waals surface area contributed by atoms with E-state index in [4.69, 9.17) is 0 Å². The Morgan fingerprint density at radius 2 is 2.28 bits per heavy atom. The topological polar surface area (TPSA) is 37.8 Å². The molecule has 0 amide bonds. The highest BCUT2D eigenvalue weighted by molar-refractivity contribution is 7.99. The minimum atomic E-state index is -0.320. The number of nitrogens with zero attached hydrogens (tertiary/aromatic N) is 2. The third-order valence-corrected chi connectivity index (χ3v) is 3.35. The molecule has 0 bridgehead atoms. The van der Waals surface area contributed by atoms with E-state index in [-0.39, 0.29) is 5.82 Å². The molecule has 1 aromatic carbocycles. The molecule has 18 heavy (non-hydrogen) atoms. The Kier molecular flexibility index (Phi) is 4.52. The van der Waals surface area contributed by atoms with Crippen LogP contribution in [-0.2, 0) is 0 Å². The van der Waals surface area contributed by atoms with Gasteiger partial charge in [-0.3, -0.25) is 0 Å². The molecule has 5 heteroatoms. The number of nitrogens with one attached hydrogen (secondary N) is 1. The van der Waals surface area contributed by atoms with E-state index in [1.807, 2.05) is 12.1 Å². The molecule has 0 saturated carbocycles. The van der Waals surface area contributed by atoms with Crippen molar-refractivity contribution in [2.45, 2.75) is 0 Å². The molecule has 0 atom stereocenters. The van der Waals surface area contributed by atoms with E-state index in [1.54, 1.807) is 17.8 Å². The van der Waals surface area contributed by atoms with Crippen LogP contribution in [0.1, 0.15) is 0 Å². The molecule has 1 N–H and O–H groups in total. The van der Waals surface area contributed by atoms with Crippen molar-refractivity contribution in [3.05, 3.63) is 43.0 Å². The molecular formula is C13H14FN3S. The molecular weight excluding hydrogens is 249 g/mol. The van der Waals surface area contributed by atoms with Crippen LogP contribution in [0.4, 0.5) is 10.2 Å². The summed E-state index contributed by atoms with van der Waals surface area (Å²) in [5.41, 5.74) is 0.355. The van der Waals surface area contributed by atoms with Crippen LogP contribution >= 0.6 is 11.8 Å². The summed E-state index contributed by atoms with van der Waals surface area (Å²) >= 11 is 1.78. The van der Waals surface area contributed by atoms with Crippen molar-refractivity contribution in [2.24, 2.45) is 0 Å². The molecule has 94 valence electrons. The predicted octanol–water partition coefficient (Wildman–Crippen LogP) is 3.10. The van der Waals surface area contributed by atoms with Crippen LogP contribution in [0.15, 0.2) is 37.2 Å². The van der Waals surface area contributed by atoms with Crippen LogP contribution in [0.3, 0.4) is 0 Å². The highest BCUT2D eigenvalue weighted by atomic mass is 32.2. The number of rotatable bonds is 6. The standard InChI is InChI=1S/C13H14FN3S/c1-2-7-18-8-6-15-13-10-4-3-5-11(14)12(10)16-9-17-13/h2-5,9H,1,6-8H2,(H,15,16,17). The minimum absolute atomic E-state index is 0.320. The first-order valence-electron chi connectivity index (χ1n) is 5.64. The zero-order valence-corrected chi connectivity index (χ0v) is 10.7. The predicted molar refractivity (Wildman–Crippen MR) is 75.5 cm³/mol. The number of thioether (sulfide) groups is 1. The van der Waals surface area contributed by atoms with Crippen molar-refractivity contribution >= 4 is 28.5 Å². The molecule has 0 fully saturated rings. The van der Waals surface area contributed by atoms with Crippen molar-refractivity contribution in [1.82, 2.24) is 9.97 Å². The lowest BCUT2D eigenvalue weighted by Gasteiger charge is -2.07. The van der Waals surface area contributed by atoms with Gasteiger partial charge in [0.05, 0.1) is 0 Å². The summed E-state index contributed by atoms with van der Waals surface area (Å²) < 4.78 is 13.5. The summed E-state index contributed by atoms with van der Waals surface area (Å²) in [5, 5.41) is 3.91. The van der Waals surface area contributed by atoms with Crippen LogP contribution in [-0.4, -0.2) is 28.0 Å². The van der Waals surface area contributed by atoms with Gasteiger partial charge in [0.15, 0.2) is 0 Å². The van der Waals surface area contributed by atoms with E-state index < -0.39 is 0 Å². The van der Waals surface area contributed by atoms with Gasteiger partial charge in [-0.25, -0.2) is 14.4 Å². The van der Waals surface area contributed by atoms with Crippen molar-refractivity contribution in [2.75, 3.05) is 23.4 Å². The lowest BCUT2D eigenvalue weighted by Crippen LogP contribution is -2.07.